The smallest absolute Gasteiger partial charge is 0.325 e. The van der Waals surface area contributed by atoms with Crippen molar-refractivity contribution in [2.24, 2.45) is 0 Å². The fourth-order valence-electron chi connectivity index (χ4n) is 3.31. The molecule has 0 aliphatic carbocycles. The molecule has 1 fully saturated rings. The van der Waals surface area contributed by atoms with Gasteiger partial charge in [0.15, 0.2) is 0 Å². The highest BCUT2D eigenvalue weighted by molar-refractivity contribution is 6.30. The number of nitrogens with zero attached hydrogens (tertiary/aromatic N) is 1. The highest BCUT2D eigenvalue weighted by Gasteiger charge is 2.49. The molecule has 6 nitrogen and oxygen atoms in total. The minimum Gasteiger partial charge on any atom is -0.348 e. The van der Waals surface area contributed by atoms with Gasteiger partial charge in [0.25, 0.3) is 5.91 Å². The molecular formula is C21H22ClN3O3. The van der Waals surface area contributed by atoms with Gasteiger partial charge in [0, 0.05) is 5.02 Å². The summed E-state index contributed by atoms with van der Waals surface area (Å²) in [6, 6.07) is 15.4. The van der Waals surface area contributed by atoms with Crippen LogP contribution in [0.1, 0.15) is 37.4 Å². The molecule has 2 aromatic rings. The van der Waals surface area contributed by atoms with E-state index >= 15 is 0 Å². The van der Waals surface area contributed by atoms with Crippen molar-refractivity contribution in [3.05, 3.63) is 70.7 Å². The minimum absolute atomic E-state index is 0.231. The molecule has 2 N–H and O–H groups in total. The quantitative estimate of drug-likeness (QED) is 0.731. The van der Waals surface area contributed by atoms with E-state index in [2.05, 4.69) is 10.6 Å². The molecule has 0 bridgehead atoms. The molecule has 3 rings (SSSR count). The molecule has 2 unspecified atom stereocenters. The van der Waals surface area contributed by atoms with Crippen LogP contribution in [0, 0.1) is 0 Å². The van der Waals surface area contributed by atoms with Gasteiger partial charge in [-0.25, -0.2) is 4.79 Å². The van der Waals surface area contributed by atoms with E-state index < -0.39 is 23.4 Å². The Bertz CT molecular complexity index is 886. The number of amides is 4. The van der Waals surface area contributed by atoms with Gasteiger partial charge in [-0.15, -0.1) is 0 Å². The predicted molar refractivity (Wildman–Crippen MR) is 107 cm³/mol. The molecule has 2 aromatic carbocycles. The first-order chi connectivity index (χ1) is 13.3. The van der Waals surface area contributed by atoms with Crippen LogP contribution in [0.4, 0.5) is 4.79 Å². The van der Waals surface area contributed by atoms with Gasteiger partial charge in [-0.05, 0) is 36.6 Å². The molecule has 0 radical (unpaired) electrons. The van der Waals surface area contributed by atoms with E-state index in [-0.39, 0.29) is 12.6 Å². The first-order valence-electron chi connectivity index (χ1n) is 9.09. The van der Waals surface area contributed by atoms with Crippen molar-refractivity contribution < 1.29 is 14.4 Å². The maximum atomic E-state index is 12.9. The number of hydrogen-bond donors (Lipinski definition) is 2. The molecule has 0 saturated carbocycles. The second kappa shape index (κ2) is 8.02. The normalized spacial score (nSPS) is 20.0. The summed E-state index contributed by atoms with van der Waals surface area (Å²) in [5.41, 5.74) is 0.398. The summed E-state index contributed by atoms with van der Waals surface area (Å²) in [5, 5.41) is 6.20. The third-order valence-electron chi connectivity index (χ3n) is 4.94. The van der Waals surface area contributed by atoms with E-state index in [0.717, 1.165) is 10.5 Å². The summed E-state index contributed by atoms with van der Waals surface area (Å²) in [7, 11) is 0. The van der Waals surface area contributed by atoms with Crippen molar-refractivity contribution >= 4 is 29.4 Å². The van der Waals surface area contributed by atoms with Crippen LogP contribution in [0.3, 0.4) is 0 Å². The van der Waals surface area contributed by atoms with Crippen LogP contribution in [-0.2, 0) is 15.1 Å². The molecule has 1 saturated heterocycles. The van der Waals surface area contributed by atoms with Gasteiger partial charge in [-0.3, -0.25) is 14.5 Å². The molecule has 7 heteroatoms. The second-order valence-corrected chi connectivity index (χ2v) is 7.33. The minimum atomic E-state index is -1.18. The molecule has 0 spiro atoms. The summed E-state index contributed by atoms with van der Waals surface area (Å²) in [5.74, 6) is -0.846. The molecular weight excluding hydrogens is 378 g/mol. The average Bonchev–Trinajstić information content (AvgIpc) is 2.91. The Morgan fingerprint density at radius 3 is 2.39 bits per heavy atom. The van der Waals surface area contributed by atoms with Crippen LogP contribution < -0.4 is 10.6 Å². The Labute approximate surface area is 168 Å². The highest BCUT2D eigenvalue weighted by atomic mass is 35.5. The number of halogens is 1. The maximum Gasteiger partial charge on any atom is 0.325 e. The summed E-state index contributed by atoms with van der Waals surface area (Å²) >= 11 is 5.91. The third-order valence-corrected chi connectivity index (χ3v) is 5.20. The number of urea groups is 1. The molecule has 1 aliphatic rings. The molecule has 1 heterocycles. The molecule has 0 aromatic heterocycles. The predicted octanol–water partition coefficient (Wildman–Crippen LogP) is 3.37. The van der Waals surface area contributed by atoms with Gasteiger partial charge in [-0.2, -0.15) is 0 Å². The van der Waals surface area contributed by atoms with Crippen molar-refractivity contribution in [1.29, 1.82) is 0 Å². The van der Waals surface area contributed by atoms with Crippen LogP contribution in [0.2, 0.25) is 5.02 Å². The van der Waals surface area contributed by atoms with Crippen LogP contribution in [0.15, 0.2) is 54.6 Å². The SMILES string of the molecule is CCC(NC(=O)CN1C(=O)NC(C)(c2ccccc2)C1=O)c1ccc(Cl)cc1. The summed E-state index contributed by atoms with van der Waals surface area (Å²) in [6.45, 7) is 3.25. The van der Waals surface area contributed by atoms with E-state index in [9.17, 15) is 14.4 Å². The lowest BCUT2D eigenvalue weighted by atomic mass is 9.92. The van der Waals surface area contributed by atoms with Gasteiger partial charge in [0.1, 0.15) is 12.1 Å². The van der Waals surface area contributed by atoms with Crippen LogP contribution >= 0.6 is 11.6 Å². The van der Waals surface area contributed by atoms with Crippen LogP contribution in [0.25, 0.3) is 0 Å². The lowest BCUT2D eigenvalue weighted by molar-refractivity contribution is -0.135. The first-order valence-corrected chi connectivity index (χ1v) is 9.47. The van der Waals surface area contributed by atoms with E-state index in [4.69, 9.17) is 11.6 Å². The fraction of sp³-hybridized carbons (Fsp3) is 0.286. The maximum absolute atomic E-state index is 12.9. The zero-order valence-electron chi connectivity index (χ0n) is 15.7. The number of benzene rings is 2. The molecule has 1 aliphatic heterocycles. The molecule has 28 heavy (non-hydrogen) atoms. The van der Waals surface area contributed by atoms with Crippen LogP contribution in [0.5, 0.6) is 0 Å². The largest absolute Gasteiger partial charge is 0.348 e. The molecule has 2 atom stereocenters. The lowest BCUT2D eigenvalue weighted by Crippen LogP contribution is -2.43. The van der Waals surface area contributed by atoms with Crippen molar-refractivity contribution in [1.82, 2.24) is 15.5 Å². The lowest BCUT2D eigenvalue weighted by Gasteiger charge is -2.22. The fourth-order valence-corrected chi connectivity index (χ4v) is 3.43. The van der Waals surface area contributed by atoms with Gasteiger partial charge in [0.2, 0.25) is 5.91 Å². The van der Waals surface area contributed by atoms with Crippen LogP contribution in [-0.4, -0.2) is 29.3 Å². The van der Waals surface area contributed by atoms with E-state index in [0.29, 0.717) is 17.0 Å². The zero-order valence-corrected chi connectivity index (χ0v) is 16.5. The highest BCUT2D eigenvalue weighted by Crippen LogP contribution is 2.28. The number of carbonyl (C=O) groups is 3. The monoisotopic (exact) mass is 399 g/mol. The molecule has 146 valence electrons. The Morgan fingerprint density at radius 2 is 1.79 bits per heavy atom. The topological polar surface area (TPSA) is 78.5 Å². The Morgan fingerprint density at radius 1 is 1.14 bits per heavy atom. The Hall–Kier alpha value is -2.86. The second-order valence-electron chi connectivity index (χ2n) is 6.89. The van der Waals surface area contributed by atoms with Crippen molar-refractivity contribution in [3.8, 4) is 0 Å². The average molecular weight is 400 g/mol. The van der Waals surface area contributed by atoms with Crippen molar-refractivity contribution in [2.45, 2.75) is 31.8 Å². The Kier molecular flexibility index (Phi) is 5.70. The van der Waals surface area contributed by atoms with Gasteiger partial charge in [-0.1, -0.05) is 61.0 Å². The van der Waals surface area contributed by atoms with E-state index in [1.807, 2.05) is 25.1 Å². The number of carbonyl (C=O) groups excluding carboxylic acids is 3. The Balaban J connectivity index is 1.70. The van der Waals surface area contributed by atoms with Crippen molar-refractivity contribution in [2.75, 3.05) is 6.54 Å². The summed E-state index contributed by atoms with van der Waals surface area (Å²) < 4.78 is 0. The van der Waals surface area contributed by atoms with Gasteiger partial charge < -0.3 is 10.6 Å². The number of imide groups is 1. The summed E-state index contributed by atoms with van der Waals surface area (Å²) in [6.07, 6.45) is 0.662. The number of rotatable bonds is 6. The summed E-state index contributed by atoms with van der Waals surface area (Å²) in [4.78, 5) is 38.7. The van der Waals surface area contributed by atoms with E-state index in [1.54, 1.807) is 43.3 Å². The standard InChI is InChI=1S/C21H22ClN3O3/c1-3-17(14-9-11-16(22)12-10-14)23-18(26)13-25-19(27)21(2,24-20(25)28)15-7-5-4-6-8-15/h4-12,17H,3,13H2,1-2H3,(H,23,26)(H,24,28). The molecule has 4 amide bonds. The van der Waals surface area contributed by atoms with Crippen molar-refractivity contribution in [3.63, 3.8) is 0 Å². The van der Waals surface area contributed by atoms with E-state index in [1.165, 1.54) is 0 Å². The third kappa shape index (κ3) is 3.87. The zero-order chi connectivity index (χ0) is 20.3. The number of nitrogens with one attached hydrogen (secondary N) is 2. The number of hydrogen-bond acceptors (Lipinski definition) is 3. The van der Waals surface area contributed by atoms with Gasteiger partial charge >= 0.3 is 6.03 Å². The first kappa shape index (κ1) is 19.9. The van der Waals surface area contributed by atoms with Gasteiger partial charge in [0.05, 0.1) is 6.04 Å².